The minimum atomic E-state index is -4.62. The molecule has 1 aromatic heterocycles. The highest BCUT2D eigenvalue weighted by Crippen LogP contribution is 2.39. The third kappa shape index (κ3) is 4.88. The molecule has 0 bridgehead atoms. The highest BCUT2D eigenvalue weighted by molar-refractivity contribution is 5.95. The second-order valence-electron chi connectivity index (χ2n) is 8.77. The number of benzene rings is 2. The molecule has 9 heteroatoms. The molecule has 174 valence electrons. The highest BCUT2D eigenvalue weighted by Gasteiger charge is 2.35. The summed E-state index contributed by atoms with van der Waals surface area (Å²) < 4.78 is 46.5. The molecule has 2 aromatic carbocycles. The van der Waals surface area contributed by atoms with E-state index in [4.69, 9.17) is 4.42 Å². The molecule has 2 heterocycles. The van der Waals surface area contributed by atoms with Gasteiger partial charge in [-0.25, -0.2) is 0 Å². The first-order chi connectivity index (χ1) is 15.6. The van der Waals surface area contributed by atoms with E-state index in [2.05, 4.69) is 10.6 Å². The molecule has 4 rings (SSSR count). The van der Waals surface area contributed by atoms with Gasteiger partial charge in [-0.05, 0) is 55.3 Å². The maximum atomic E-state index is 13.7. The maximum Gasteiger partial charge on any atom is 0.420 e. The Kier molecular flexibility index (Phi) is 5.92. The van der Waals surface area contributed by atoms with Gasteiger partial charge in [0.25, 0.3) is 5.91 Å². The van der Waals surface area contributed by atoms with Gasteiger partial charge in [0.05, 0.1) is 12.1 Å². The Morgan fingerprint density at radius 3 is 2.55 bits per heavy atom. The minimum Gasteiger partial charge on any atom is -0.459 e. The first-order valence-electron chi connectivity index (χ1n) is 10.5. The lowest BCUT2D eigenvalue weighted by Gasteiger charge is -2.39. The van der Waals surface area contributed by atoms with Crippen molar-refractivity contribution < 1.29 is 27.2 Å². The van der Waals surface area contributed by atoms with Crippen LogP contribution in [0.5, 0.6) is 0 Å². The van der Waals surface area contributed by atoms with Crippen LogP contribution in [0.15, 0.2) is 46.9 Å². The van der Waals surface area contributed by atoms with E-state index >= 15 is 0 Å². The van der Waals surface area contributed by atoms with Gasteiger partial charge in [0.1, 0.15) is 11.3 Å². The van der Waals surface area contributed by atoms with Crippen LogP contribution in [0.25, 0.3) is 22.1 Å². The van der Waals surface area contributed by atoms with Gasteiger partial charge in [0.2, 0.25) is 6.41 Å². The summed E-state index contributed by atoms with van der Waals surface area (Å²) in [5.41, 5.74) is 0.0417. The number of piperazine rings is 1. The molecule has 1 fully saturated rings. The standard InChI is InChI=1S/C24H24F3N3O3/c1-23(2)13-30(8-7-29-23)22(32)16-5-3-15(4-6-16)17-9-18-10-19(12-28-14-31)33-21(18)20(11-17)24(25,26)27/h3-6,9-11,14,29H,7-8,12-13H2,1-2H3,(H,28,31). The van der Waals surface area contributed by atoms with E-state index in [9.17, 15) is 22.8 Å². The first-order valence-corrected chi connectivity index (χ1v) is 10.5. The topological polar surface area (TPSA) is 74.6 Å². The van der Waals surface area contributed by atoms with Crippen LogP contribution >= 0.6 is 0 Å². The first kappa shape index (κ1) is 22.8. The normalized spacial score (nSPS) is 16.1. The van der Waals surface area contributed by atoms with Crippen molar-refractivity contribution in [1.82, 2.24) is 15.5 Å². The van der Waals surface area contributed by atoms with Crippen LogP contribution in [0.2, 0.25) is 0 Å². The number of alkyl halides is 3. The zero-order valence-corrected chi connectivity index (χ0v) is 18.3. The van der Waals surface area contributed by atoms with E-state index in [-0.39, 0.29) is 34.7 Å². The zero-order valence-electron chi connectivity index (χ0n) is 18.3. The Bertz CT molecular complexity index is 1180. The van der Waals surface area contributed by atoms with Crippen LogP contribution in [0, 0.1) is 0 Å². The summed E-state index contributed by atoms with van der Waals surface area (Å²) in [7, 11) is 0. The fourth-order valence-electron chi connectivity index (χ4n) is 4.12. The Morgan fingerprint density at radius 1 is 1.18 bits per heavy atom. The van der Waals surface area contributed by atoms with Gasteiger partial charge >= 0.3 is 6.18 Å². The molecule has 3 aromatic rings. The van der Waals surface area contributed by atoms with Crippen LogP contribution in [0.4, 0.5) is 13.2 Å². The monoisotopic (exact) mass is 459 g/mol. The Morgan fingerprint density at radius 2 is 1.91 bits per heavy atom. The van der Waals surface area contributed by atoms with E-state index in [1.165, 1.54) is 6.07 Å². The molecule has 1 aliphatic rings. The predicted octanol–water partition coefficient (Wildman–Crippen LogP) is 4.19. The van der Waals surface area contributed by atoms with Gasteiger partial charge in [-0.15, -0.1) is 0 Å². The van der Waals surface area contributed by atoms with Gasteiger partial charge in [0, 0.05) is 36.1 Å². The average molecular weight is 459 g/mol. The summed E-state index contributed by atoms with van der Waals surface area (Å²) in [4.78, 5) is 25.2. The summed E-state index contributed by atoms with van der Waals surface area (Å²) in [6.45, 7) is 5.91. The number of hydrogen-bond acceptors (Lipinski definition) is 4. The number of amides is 2. The van der Waals surface area contributed by atoms with Gasteiger partial charge in [-0.1, -0.05) is 12.1 Å². The Hall–Kier alpha value is -3.33. The Labute approximate surface area is 188 Å². The van der Waals surface area contributed by atoms with Crippen molar-refractivity contribution >= 4 is 23.3 Å². The molecular formula is C24H24F3N3O3. The van der Waals surface area contributed by atoms with Gasteiger partial charge in [0.15, 0.2) is 0 Å². The van der Waals surface area contributed by atoms with Crippen LogP contribution in [0.3, 0.4) is 0 Å². The van der Waals surface area contributed by atoms with Crippen LogP contribution in [-0.2, 0) is 17.5 Å². The molecule has 33 heavy (non-hydrogen) atoms. The molecule has 6 nitrogen and oxygen atoms in total. The number of nitrogens with one attached hydrogen (secondary N) is 2. The largest absolute Gasteiger partial charge is 0.459 e. The lowest BCUT2D eigenvalue weighted by Crippen LogP contribution is -2.58. The third-order valence-electron chi connectivity index (χ3n) is 5.66. The number of furan rings is 1. The molecule has 1 saturated heterocycles. The van der Waals surface area contributed by atoms with E-state index in [0.717, 1.165) is 6.07 Å². The van der Waals surface area contributed by atoms with Gasteiger partial charge in [-0.3, -0.25) is 9.59 Å². The fourth-order valence-corrected chi connectivity index (χ4v) is 4.12. The molecule has 0 saturated carbocycles. The van der Waals surface area contributed by atoms with Crippen LogP contribution in [-0.4, -0.2) is 42.4 Å². The summed E-state index contributed by atoms with van der Waals surface area (Å²) in [6.07, 6.45) is -4.17. The van der Waals surface area contributed by atoms with Crippen molar-refractivity contribution in [3.63, 3.8) is 0 Å². The molecular weight excluding hydrogens is 435 g/mol. The number of halogens is 3. The second kappa shape index (κ2) is 8.55. The summed E-state index contributed by atoms with van der Waals surface area (Å²) >= 11 is 0. The maximum absolute atomic E-state index is 13.7. The SMILES string of the molecule is CC1(C)CN(C(=O)c2ccc(-c3cc(C(F)(F)F)c4oc(CNC=O)cc4c3)cc2)CCN1. The lowest BCUT2D eigenvalue weighted by molar-refractivity contribution is -0.136. The van der Waals surface area contributed by atoms with Gasteiger partial charge < -0.3 is 20.0 Å². The fraction of sp³-hybridized carbons (Fsp3) is 0.333. The molecule has 0 aliphatic carbocycles. The molecule has 2 amide bonds. The van der Waals surface area contributed by atoms with Crippen LogP contribution in [0.1, 0.15) is 35.5 Å². The lowest BCUT2D eigenvalue weighted by atomic mass is 9.98. The number of rotatable bonds is 5. The number of fused-ring (bicyclic) bond motifs is 1. The number of carbonyl (C=O) groups excluding carboxylic acids is 2. The van der Waals surface area contributed by atoms with Crippen molar-refractivity contribution in [2.75, 3.05) is 19.6 Å². The zero-order chi connectivity index (χ0) is 23.8. The molecule has 0 unspecified atom stereocenters. The highest BCUT2D eigenvalue weighted by atomic mass is 19.4. The summed E-state index contributed by atoms with van der Waals surface area (Å²) in [6, 6.07) is 10.7. The van der Waals surface area contributed by atoms with Crippen molar-refractivity contribution in [3.05, 3.63) is 59.4 Å². The van der Waals surface area contributed by atoms with E-state index in [1.807, 2.05) is 13.8 Å². The van der Waals surface area contributed by atoms with Gasteiger partial charge in [-0.2, -0.15) is 13.2 Å². The van der Waals surface area contributed by atoms with Crippen LogP contribution < -0.4 is 10.6 Å². The summed E-state index contributed by atoms with van der Waals surface area (Å²) in [5, 5.41) is 6.02. The van der Waals surface area contributed by atoms with E-state index in [1.54, 1.807) is 35.2 Å². The van der Waals surface area contributed by atoms with Crippen molar-refractivity contribution in [1.29, 1.82) is 0 Å². The Balaban J connectivity index is 1.65. The molecule has 1 aliphatic heterocycles. The minimum absolute atomic E-state index is 0.00948. The number of nitrogens with zero attached hydrogens (tertiary/aromatic N) is 1. The molecule has 0 atom stereocenters. The summed E-state index contributed by atoms with van der Waals surface area (Å²) in [5.74, 6) is 0.115. The molecule has 2 N–H and O–H groups in total. The molecule has 0 spiro atoms. The van der Waals surface area contributed by atoms with Crippen molar-refractivity contribution in [3.8, 4) is 11.1 Å². The predicted molar refractivity (Wildman–Crippen MR) is 118 cm³/mol. The smallest absolute Gasteiger partial charge is 0.420 e. The number of carbonyl (C=O) groups is 2. The quantitative estimate of drug-likeness (QED) is 0.562. The molecule has 0 radical (unpaired) electrons. The van der Waals surface area contributed by atoms with Crippen molar-refractivity contribution in [2.45, 2.75) is 32.1 Å². The number of hydrogen-bond donors (Lipinski definition) is 2. The van der Waals surface area contributed by atoms with Crippen molar-refractivity contribution in [2.24, 2.45) is 0 Å². The second-order valence-corrected chi connectivity index (χ2v) is 8.77. The van der Waals surface area contributed by atoms with E-state index < -0.39 is 11.7 Å². The van der Waals surface area contributed by atoms with E-state index in [0.29, 0.717) is 42.7 Å². The average Bonchev–Trinajstić information content (AvgIpc) is 3.18. The third-order valence-corrected chi connectivity index (χ3v) is 5.66.